The molecule has 2 N–H and O–H groups in total. The van der Waals surface area contributed by atoms with Crippen LogP contribution < -0.4 is 5.73 Å². The Kier molecular flexibility index (Phi) is 2.30. The van der Waals surface area contributed by atoms with Crippen LogP contribution in [-0.4, -0.2) is 11.5 Å². The van der Waals surface area contributed by atoms with Crippen molar-refractivity contribution in [2.45, 2.75) is 24.7 Å². The Morgan fingerprint density at radius 3 is 2.81 bits per heavy atom. The Hall–Kier alpha value is -0.870. The van der Waals surface area contributed by atoms with Crippen LogP contribution in [0, 0.1) is 0 Å². The summed E-state index contributed by atoms with van der Waals surface area (Å²) in [5.41, 5.74) is 7.58. The van der Waals surface area contributed by atoms with Crippen LogP contribution in [0.4, 0.5) is 0 Å². The fourth-order valence-corrected chi connectivity index (χ4v) is 2.69. The lowest BCUT2D eigenvalue weighted by Crippen LogP contribution is -2.41. The molecule has 0 spiro atoms. The van der Waals surface area contributed by atoms with E-state index in [4.69, 9.17) is 10.2 Å². The number of hydrogen-bond acceptors (Lipinski definition) is 3. The molecular weight excluding hydrogens is 268 g/mol. The lowest BCUT2D eigenvalue weighted by Gasteiger charge is -2.37. The van der Waals surface area contributed by atoms with Crippen molar-refractivity contribution >= 4 is 27.0 Å². The van der Waals surface area contributed by atoms with Gasteiger partial charge in [-0.1, -0.05) is 12.5 Å². The molecule has 0 atom stereocenters. The van der Waals surface area contributed by atoms with Gasteiger partial charge >= 0.3 is 0 Å². The first-order valence-electron chi connectivity index (χ1n) is 5.51. The number of halogens is 1. The van der Waals surface area contributed by atoms with Crippen LogP contribution >= 0.6 is 15.9 Å². The number of rotatable bonds is 2. The maximum absolute atomic E-state index is 5.86. The van der Waals surface area contributed by atoms with Crippen LogP contribution in [0.5, 0.6) is 0 Å². The highest BCUT2D eigenvalue weighted by Gasteiger charge is 2.42. The summed E-state index contributed by atoms with van der Waals surface area (Å²) in [6.45, 7) is 0.622. The number of nitrogens with zero attached hydrogens (tertiary/aromatic N) is 1. The van der Waals surface area contributed by atoms with Crippen LogP contribution in [0.25, 0.3) is 11.1 Å². The van der Waals surface area contributed by atoms with E-state index in [1.54, 1.807) is 0 Å². The highest BCUT2D eigenvalue weighted by Crippen LogP contribution is 2.43. The number of para-hydroxylation sites is 1. The number of fused-ring (bicyclic) bond motifs is 1. The second-order valence-corrected chi connectivity index (χ2v) is 5.30. The first kappa shape index (κ1) is 10.3. The predicted molar refractivity (Wildman–Crippen MR) is 66.3 cm³/mol. The van der Waals surface area contributed by atoms with Gasteiger partial charge in [-0.3, -0.25) is 0 Å². The molecule has 16 heavy (non-hydrogen) atoms. The van der Waals surface area contributed by atoms with E-state index in [0.717, 1.165) is 34.3 Å². The first-order chi connectivity index (χ1) is 7.75. The van der Waals surface area contributed by atoms with E-state index in [1.807, 2.05) is 18.2 Å². The van der Waals surface area contributed by atoms with Gasteiger partial charge < -0.3 is 10.2 Å². The second-order valence-electron chi connectivity index (χ2n) is 4.45. The van der Waals surface area contributed by atoms with E-state index in [-0.39, 0.29) is 5.41 Å². The monoisotopic (exact) mass is 280 g/mol. The Balaban J connectivity index is 2.15. The van der Waals surface area contributed by atoms with Crippen molar-refractivity contribution in [2.75, 3.05) is 6.54 Å². The molecule has 1 saturated carbocycles. The summed E-state index contributed by atoms with van der Waals surface area (Å²) in [6.07, 6.45) is 3.40. The quantitative estimate of drug-likeness (QED) is 0.920. The first-order valence-corrected chi connectivity index (χ1v) is 6.30. The Labute approximate surface area is 102 Å². The zero-order valence-electron chi connectivity index (χ0n) is 8.87. The number of nitrogens with two attached hydrogens (primary N) is 1. The molecule has 3 rings (SSSR count). The molecule has 0 amide bonds. The third kappa shape index (κ3) is 1.33. The molecule has 2 aromatic rings. The molecule has 0 unspecified atom stereocenters. The van der Waals surface area contributed by atoms with E-state index >= 15 is 0 Å². The van der Waals surface area contributed by atoms with Crippen molar-refractivity contribution in [3.8, 4) is 0 Å². The predicted octanol–water partition coefficient (Wildman–Crippen LogP) is 2.97. The molecule has 0 saturated heterocycles. The molecule has 3 nitrogen and oxygen atoms in total. The Morgan fingerprint density at radius 2 is 2.25 bits per heavy atom. The summed E-state index contributed by atoms with van der Waals surface area (Å²) in [5, 5.41) is 0. The van der Waals surface area contributed by atoms with Gasteiger partial charge in [0.05, 0.1) is 9.89 Å². The fraction of sp³-hybridized carbons (Fsp3) is 0.417. The molecule has 0 radical (unpaired) electrons. The highest BCUT2D eigenvalue weighted by atomic mass is 79.9. The standard InChI is InChI=1S/C12H13BrN2O/c13-8-3-1-4-9-10(8)16-11(15-9)12(7-14)5-2-6-12/h1,3-4H,2,5-7,14H2. The van der Waals surface area contributed by atoms with Gasteiger partial charge in [-0.15, -0.1) is 0 Å². The van der Waals surface area contributed by atoms with Gasteiger partial charge in [-0.25, -0.2) is 4.98 Å². The van der Waals surface area contributed by atoms with Gasteiger partial charge in [0.25, 0.3) is 0 Å². The topological polar surface area (TPSA) is 52.0 Å². The van der Waals surface area contributed by atoms with Gasteiger partial charge in [-0.2, -0.15) is 0 Å². The molecule has 0 bridgehead atoms. The third-order valence-electron chi connectivity index (χ3n) is 3.52. The van der Waals surface area contributed by atoms with Gasteiger partial charge in [0.15, 0.2) is 5.58 Å². The smallest absolute Gasteiger partial charge is 0.203 e. The van der Waals surface area contributed by atoms with E-state index in [9.17, 15) is 0 Å². The minimum Gasteiger partial charge on any atom is -0.439 e. The van der Waals surface area contributed by atoms with Gasteiger partial charge in [-0.05, 0) is 40.9 Å². The van der Waals surface area contributed by atoms with Crippen LogP contribution in [-0.2, 0) is 5.41 Å². The Morgan fingerprint density at radius 1 is 1.44 bits per heavy atom. The molecule has 4 heteroatoms. The second kappa shape index (κ2) is 3.57. The maximum atomic E-state index is 5.86. The molecule has 1 aliphatic carbocycles. The molecule has 1 aliphatic rings. The molecule has 1 heterocycles. The summed E-state index contributed by atoms with van der Waals surface area (Å²) in [6, 6.07) is 5.90. The number of benzene rings is 1. The zero-order valence-corrected chi connectivity index (χ0v) is 10.5. The maximum Gasteiger partial charge on any atom is 0.203 e. The number of oxazole rings is 1. The van der Waals surface area contributed by atoms with Crippen LogP contribution in [0.15, 0.2) is 27.1 Å². The van der Waals surface area contributed by atoms with E-state index in [0.29, 0.717) is 6.54 Å². The lowest BCUT2D eigenvalue weighted by atomic mass is 9.69. The number of hydrogen-bond donors (Lipinski definition) is 1. The molecular formula is C12H13BrN2O. The average molecular weight is 281 g/mol. The van der Waals surface area contributed by atoms with E-state index < -0.39 is 0 Å². The normalized spacial score (nSPS) is 18.6. The SMILES string of the molecule is NCC1(c2nc3cccc(Br)c3o2)CCC1. The molecule has 84 valence electrons. The molecule has 0 aliphatic heterocycles. The number of aromatic nitrogens is 1. The average Bonchev–Trinajstić information content (AvgIpc) is 2.62. The van der Waals surface area contributed by atoms with Gasteiger partial charge in [0.2, 0.25) is 5.89 Å². The molecule has 1 aromatic carbocycles. The summed E-state index contributed by atoms with van der Waals surface area (Å²) in [4.78, 5) is 4.56. The fourth-order valence-electron chi connectivity index (χ4n) is 2.25. The minimum atomic E-state index is -0.00153. The van der Waals surface area contributed by atoms with Gasteiger partial charge in [0, 0.05) is 6.54 Å². The van der Waals surface area contributed by atoms with Crippen molar-refractivity contribution in [1.82, 2.24) is 4.98 Å². The zero-order chi connectivity index (χ0) is 11.2. The summed E-state index contributed by atoms with van der Waals surface area (Å²) in [7, 11) is 0. The Bertz CT molecular complexity index is 525. The molecule has 1 aromatic heterocycles. The van der Waals surface area contributed by atoms with Crippen LogP contribution in [0.3, 0.4) is 0 Å². The highest BCUT2D eigenvalue weighted by molar-refractivity contribution is 9.10. The largest absolute Gasteiger partial charge is 0.439 e. The molecule has 1 fully saturated rings. The van der Waals surface area contributed by atoms with Crippen molar-refractivity contribution in [3.05, 3.63) is 28.6 Å². The minimum absolute atomic E-state index is 0.00153. The van der Waals surface area contributed by atoms with Crippen LogP contribution in [0.1, 0.15) is 25.2 Å². The van der Waals surface area contributed by atoms with Crippen molar-refractivity contribution in [2.24, 2.45) is 5.73 Å². The van der Waals surface area contributed by atoms with Crippen molar-refractivity contribution in [3.63, 3.8) is 0 Å². The van der Waals surface area contributed by atoms with E-state index in [1.165, 1.54) is 6.42 Å². The van der Waals surface area contributed by atoms with Crippen molar-refractivity contribution < 1.29 is 4.42 Å². The summed E-state index contributed by atoms with van der Waals surface area (Å²) in [5.74, 6) is 0.808. The van der Waals surface area contributed by atoms with E-state index in [2.05, 4.69) is 20.9 Å². The van der Waals surface area contributed by atoms with Gasteiger partial charge in [0.1, 0.15) is 5.52 Å². The lowest BCUT2D eigenvalue weighted by molar-refractivity contribution is 0.203. The third-order valence-corrected chi connectivity index (χ3v) is 4.15. The summed E-state index contributed by atoms with van der Waals surface area (Å²) < 4.78 is 6.81. The van der Waals surface area contributed by atoms with Crippen molar-refractivity contribution in [1.29, 1.82) is 0 Å². The van der Waals surface area contributed by atoms with Crippen LogP contribution in [0.2, 0.25) is 0 Å². The summed E-state index contributed by atoms with van der Waals surface area (Å²) >= 11 is 3.47.